The third kappa shape index (κ3) is 8.97. The van der Waals surface area contributed by atoms with Crippen LogP contribution in [0.15, 0.2) is 66.9 Å². The predicted molar refractivity (Wildman–Crippen MR) is 167 cm³/mol. The molecule has 1 aliphatic rings. The molecule has 0 unspecified atom stereocenters. The van der Waals surface area contributed by atoms with Gasteiger partial charge in [0.25, 0.3) is 0 Å². The van der Waals surface area contributed by atoms with Crippen LogP contribution in [0.3, 0.4) is 0 Å². The first kappa shape index (κ1) is 35.6. The minimum Gasteiger partial charge on any atom is -1.00 e. The fourth-order valence-corrected chi connectivity index (χ4v) is 4.90. The Hall–Kier alpha value is -4.26. The Balaban J connectivity index is 0.00000312. The summed E-state index contributed by atoms with van der Waals surface area (Å²) < 4.78 is 45.7. The number of fused-ring (bicyclic) bond motifs is 1. The molecule has 4 aromatic rings. The maximum atomic E-state index is 15.2. The summed E-state index contributed by atoms with van der Waals surface area (Å²) >= 11 is 0. The molecule has 0 saturated heterocycles. The summed E-state index contributed by atoms with van der Waals surface area (Å²) in [6, 6.07) is 14.2. The molecule has 2 amide bonds. The number of methoxy groups -OCH3 is 1. The van der Waals surface area contributed by atoms with Crippen LogP contribution in [-0.4, -0.2) is 41.6 Å². The SMILES string of the molecule is COc1cc2c(Oc3ccc(NC(=O)C4(C(=O)Nc5ccc(F)cc5)CC4)cc3F)ccnc2cc1OCCCCCCC(=O)O.[H-].[Na+]. The molecule has 1 aromatic heterocycles. The van der Waals surface area contributed by atoms with Gasteiger partial charge in [0.05, 0.1) is 19.2 Å². The number of pyridine rings is 1. The van der Waals surface area contributed by atoms with Gasteiger partial charge in [-0.1, -0.05) is 12.8 Å². The summed E-state index contributed by atoms with van der Waals surface area (Å²) in [6.45, 7) is 0.416. The number of benzene rings is 3. The van der Waals surface area contributed by atoms with Crippen molar-refractivity contribution in [1.29, 1.82) is 0 Å². The number of carbonyl (C=O) groups is 3. The maximum Gasteiger partial charge on any atom is 1.00 e. The van der Waals surface area contributed by atoms with E-state index in [0.717, 1.165) is 25.3 Å². The number of carboxylic acids is 1. The van der Waals surface area contributed by atoms with E-state index < -0.39 is 34.8 Å². The summed E-state index contributed by atoms with van der Waals surface area (Å²) in [4.78, 5) is 40.9. The molecule has 0 atom stereocenters. The molecule has 3 aromatic carbocycles. The Morgan fingerprint density at radius 2 is 1.53 bits per heavy atom. The van der Waals surface area contributed by atoms with E-state index in [1.807, 2.05) is 0 Å². The fourth-order valence-electron chi connectivity index (χ4n) is 4.90. The van der Waals surface area contributed by atoms with Gasteiger partial charge in [-0.25, -0.2) is 8.78 Å². The molecule has 0 radical (unpaired) electrons. The van der Waals surface area contributed by atoms with Crippen molar-refractivity contribution in [3.05, 3.63) is 78.5 Å². The molecular weight excluding hydrogens is 623 g/mol. The summed E-state index contributed by atoms with van der Waals surface area (Å²) in [5.41, 5.74) is -0.238. The monoisotopic (exact) mass is 657 g/mol. The van der Waals surface area contributed by atoms with E-state index in [9.17, 15) is 18.8 Å². The van der Waals surface area contributed by atoms with Gasteiger partial charge in [0.1, 0.15) is 17.0 Å². The normalized spacial score (nSPS) is 12.8. The smallest absolute Gasteiger partial charge is 1.00 e. The molecule has 0 aliphatic heterocycles. The van der Waals surface area contributed by atoms with Gasteiger partial charge in [-0.3, -0.25) is 19.4 Å². The molecule has 5 rings (SSSR count). The average Bonchev–Trinajstić information content (AvgIpc) is 3.85. The van der Waals surface area contributed by atoms with E-state index in [1.165, 1.54) is 49.7 Å². The Labute approximate surface area is 293 Å². The molecule has 1 aliphatic carbocycles. The number of carboxylic acid groups (broad SMARTS) is 1. The number of hydrogen-bond acceptors (Lipinski definition) is 7. The van der Waals surface area contributed by atoms with Crippen LogP contribution in [0.5, 0.6) is 23.0 Å². The molecular formula is C34H34F2N3NaO7. The van der Waals surface area contributed by atoms with Gasteiger partial charge in [-0.2, -0.15) is 0 Å². The molecule has 1 heterocycles. The van der Waals surface area contributed by atoms with Crippen LogP contribution in [0.1, 0.15) is 46.4 Å². The summed E-state index contributed by atoms with van der Waals surface area (Å²) in [5.74, 6) is -1.92. The van der Waals surface area contributed by atoms with E-state index in [1.54, 1.807) is 18.2 Å². The second-order valence-electron chi connectivity index (χ2n) is 11.0. The van der Waals surface area contributed by atoms with E-state index in [4.69, 9.17) is 19.3 Å². The molecule has 0 spiro atoms. The zero-order valence-corrected chi connectivity index (χ0v) is 28.1. The van der Waals surface area contributed by atoms with Gasteiger partial charge in [0.2, 0.25) is 11.8 Å². The quantitative estimate of drug-likeness (QED) is 0.0984. The molecule has 1 fully saturated rings. The van der Waals surface area contributed by atoms with Crippen LogP contribution in [0.2, 0.25) is 0 Å². The van der Waals surface area contributed by atoms with E-state index >= 15 is 4.39 Å². The van der Waals surface area contributed by atoms with Crippen molar-refractivity contribution in [1.82, 2.24) is 4.98 Å². The Morgan fingerprint density at radius 1 is 0.851 bits per heavy atom. The van der Waals surface area contributed by atoms with E-state index in [0.29, 0.717) is 59.7 Å². The van der Waals surface area contributed by atoms with Crippen molar-refractivity contribution in [3.8, 4) is 23.0 Å². The second kappa shape index (κ2) is 16.0. The Kier molecular flexibility index (Phi) is 12.1. The van der Waals surface area contributed by atoms with Crippen LogP contribution >= 0.6 is 0 Å². The van der Waals surface area contributed by atoms with Crippen LogP contribution in [0.4, 0.5) is 20.2 Å². The van der Waals surface area contributed by atoms with Crippen molar-refractivity contribution in [2.24, 2.45) is 5.41 Å². The number of aromatic nitrogens is 1. The zero-order chi connectivity index (χ0) is 32.7. The van der Waals surface area contributed by atoms with Gasteiger partial charge >= 0.3 is 35.5 Å². The predicted octanol–water partition coefficient (Wildman–Crippen LogP) is 4.20. The molecule has 47 heavy (non-hydrogen) atoms. The first-order valence-electron chi connectivity index (χ1n) is 14.9. The number of nitrogens with zero attached hydrogens (tertiary/aromatic N) is 1. The molecule has 10 nitrogen and oxygen atoms in total. The molecule has 242 valence electrons. The van der Waals surface area contributed by atoms with Gasteiger partial charge < -0.3 is 31.4 Å². The Morgan fingerprint density at radius 3 is 2.19 bits per heavy atom. The number of halogens is 2. The fraction of sp³-hybridized carbons (Fsp3) is 0.294. The van der Waals surface area contributed by atoms with Crippen LogP contribution in [0, 0.1) is 17.0 Å². The number of rotatable bonds is 15. The largest absolute Gasteiger partial charge is 1.00 e. The van der Waals surface area contributed by atoms with Crippen LogP contribution in [0.25, 0.3) is 10.9 Å². The van der Waals surface area contributed by atoms with Gasteiger partial charge in [0.15, 0.2) is 23.1 Å². The summed E-state index contributed by atoms with van der Waals surface area (Å²) in [5, 5.41) is 14.6. The van der Waals surface area contributed by atoms with Crippen molar-refractivity contribution in [2.75, 3.05) is 24.4 Å². The number of unbranched alkanes of at least 4 members (excludes halogenated alkanes) is 3. The number of amides is 2. The number of anilines is 2. The number of hydrogen-bond donors (Lipinski definition) is 3. The van der Waals surface area contributed by atoms with E-state index in [-0.39, 0.29) is 48.8 Å². The minimum atomic E-state index is -1.29. The maximum absolute atomic E-state index is 15.2. The average molecular weight is 658 g/mol. The molecule has 1 saturated carbocycles. The van der Waals surface area contributed by atoms with Crippen molar-refractivity contribution in [2.45, 2.75) is 44.9 Å². The van der Waals surface area contributed by atoms with Gasteiger partial charge in [-0.15, -0.1) is 0 Å². The number of carbonyl (C=O) groups excluding carboxylic acids is 2. The minimum absolute atomic E-state index is 0. The molecule has 3 N–H and O–H groups in total. The third-order valence-corrected chi connectivity index (χ3v) is 7.66. The number of nitrogens with one attached hydrogen (secondary N) is 2. The van der Waals surface area contributed by atoms with Crippen molar-refractivity contribution >= 4 is 40.1 Å². The zero-order valence-electron chi connectivity index (χ0n) is 27.1. The molecule has 0 bridgehead atoms. The Bertz CT molecular complexity index is 1760. The topological polar surface area (TPSA) is 136 Å². The number of aliphatic carboxylic acids is 1. The standard InChI is InChI=1S/C34H33F2N3O7.Na.H/c1-44-29-19-24-26(20-30(29)45-17-5-3-2-4-6-31(40)41)37-16-13-27(24)46-28-12-11-23(18-25(28)36)39-33(43)34(14-15-34)32(42)38-22-9-7-21(35)8-10-22;;/h7-13,16,18-20H,2-6,14-15,17H2,1H3,(H,38,42)(H,39,43)(H,40,41);;/q;+1;-1. The van der Waals surface area contributed by atoms with Gasteiger partial charge in [0, 0.05) is 41.5 Å². The molecule has 13 heteroatoms. The van der Waals surface area contributed by atoms with Crippen LogP contribution in [-0.2, 0) is 14.4 Å². The summed E-state index contributed by atoms with van der Waals surface area (Å²) in [6.07, 6.45) is 5.34. The first-order valence-corrected chi connectivity index (χ1v) is 14.9. The number of ether oxygens (including phenoxy) is 3. The summed E-state index contributed by atoms with van der Waals surface area (Å²) in [7, 11) is 1.50. The van der Waals surface area contributed by atoms with Crippen LogP contribution < -0.4 is 54.4 Å². The third-order valence-electron chi connectivity index (χ3n) is 7.66. The van der Waals surface area contributed by atoms with Crippen molar-refractivity contribution < 1.29 is 73.5 Å². The second-order valence-corrected chi connectivity index (χ2v) is 11.0. The van der Waals surface area contributed by atoms with E-state index in [2.05, 4.69) is 15.6 Å². The van der Waals surface area contributed by atoms with Crippen molar-refractivity contribution in [3.63, 3.8) is 0 Å². The van der Waals surface area contributed by atoms with Gasteiger partial charge in [-0.05, 0) is 74.2 Å². The first-order chi connectivity index (χ1) is 22.2.